The molecule has 2 N–H and O–H groups in total. The van der Waals surface area contributed by atoms with Crippen molar-refractivity contribution in [2.45, 2.75) is 31.8 Å². The van der Waals surface area contributed by atoms with Gasteiger partial charge >= 0.3 is 0 Å². The second-order valence-electron chi connectivity index (χ2n) is 5.11. The molecule has 0 heterocycles. The topological polar surface area (TPSA) is 41.1 Å². The maximum atomic E-state index is 12.2. The van der Waals surface area contributed by atoms with Crippen molar-refractivity contribution in [3.05, 3.63) is 35.9 Å². The van der Waals surface area contributed by atoms with Crippen LogP contribution in [-0.4, -0.2) is 30.8 Å². The molecule has 1 aromatic rings. The quantitative estimate of drug-likeness (QED) is 0.684. The van der Waals surface area contributed by atoms with Crippen molar-refractivity contribution in [3.63, 3.8) is 0 Å². The zero-order valence-corrected chi connectivity index (χ0v) is 14.7. The SMILES string of the molecule is CCNCCNC(=O)C(SCc1ccccc1)C(C)C.Cl. The van der Waals surface area contributed by atoms with Crippen LogP contribution in [0.5, 0.6) is 0 Å². The molecule has 0 aromatic heterocycles. The molecule has 0 saturated heterocycles. The summed E-state index contributed by atoms with van der Waals surface area (Å²) in [7, 11) is 0. The second-order valence-corrected chi connectivity index (χ2v) is 6.24. The molecule has 120 valence electrons. The van der Waals surface area contributed by atoms with Gasteiger partial charge in [0, 0.05) is 18.8 Å². The average Bonchev–Trinajstić information content (AvgIpc) is 2.44. The van der Waals surface area contributed by atoms with Gasteiger partial charge in [-0.3, -0.25) is 4.79 Å². The van der Waals surface area contributed by atoms with Crippen LogP contribution in [0.1, 0.15) is 26.3 Å². The van der Waals surface area contributed by atoms with Gasteiger partial charge in [-0.2, -0.15) is 0 Å². The summed E-state index contributed by atoms with van der Waals surface area (Å²) >= 11 is 1.72. The fourth-order valence-corrected chi connectivity index (χ4v) is 3.07. The fraction of sp³-hybridized carbons (Fsp3) is 0.562. The van der Waals surface area contributed by atoms with E-state index in [1.54, 1.807) is 11.8 Å². The van der Waals surface area contributed by atoms with Gasteiger partial charge in [0.2, 0.25) is 5.91 Å². The number of hydrogen-bond donors (Lipinski definition) is 2. The highest BCUT2D eigenvalue weighted by Crippen LogP contribution is 2.23. The second kappa shape index (κ2) is 11.9. The molecule has 3 nitrogen and oxygen atoms in total. The maximum Gasteiger partial charge on any atom is 0.233 e. The molecule has 0 radical (unpaired) electrons. The lowest BCUT2D eigenvalue weighted by Gasteiger charge is -2.20. The summed E-state index contributed by atoms with van der Waals surface area (Å²) in [5.41, 5.74) is 1.27. The lowest BCUT2D eigenvalue weighted by Crippen LogP contribution is -2.39. The van der Waals surface area contributed by atoms with Crippen LogP contribution in [0.25, 0.3) is 0 Å². The monoisotopic (exact) mass is 330 g/mol. The van der Waals surface area contributed by atoms with Crippen molar-refractivity contribution in [2.24, 2.45) is 5.92 Å². The Hall–Kier alpha value is -0.710. The van der Waals surface area contributed by atoms with Crippen molar-refractivity contribution in [2.75, 3.05) is 19.6 Å². The number of hydrogen-bond acceptors (Lipinski definition) is 3. The van der Waals surface area contributed by atoms with Crippen molar-refractivity contribution >= 4 is 30.1 Å². The normalized spacial score (nSPS) is 11.8. The van der Waals surface area contributed by atoms with E-state index >= 15 is 0 Å². The Kier molecular flexibility index (Phi) is 11.5. The molecule has 1 unspecified atom stereocenters. The summed E-state index contributed by atoms with van der Waals surface area (Å²) in [5.74, 6) is 1.37. The third-order valence-electron chi connectivity index (χ3n) is 2.99. The Bertz CT molecular complexity index is 387. The van der Waals surface area contributed by atoms with Gasteiger partial charge in [-0.25, -0.2) is 0 Å². The molecule has 1 rings (SSSR count). The van der Waals surface area contributed by atoms with E-state index in [0.29, 0.717) is 12.5 Å². The zero-order chi connectivity index (χ0) is 14.8. The number of halogens is 1. The number of rotatable bonds is 9. The smallest absolute Gasteiger partial charge is 0.233 e. The van der Waals surface area contributed by atoms with E-state index in [-0.39, 0.29) is 23.6 Å². The fourth-order valence-electron chi connectivity index (χ4n) is 1.88. The first-order chi connectivity index (χ1) is 9.65. The van der Waals surface area contributed by atoms with Crippen LogP contribution in [0.2, 0.25) is 0 Å². The molecule has 0 bridgehead atoms. The van der Waals surface area contributed by atoms with Gasteiger partial charge in [-0.1, -0.05) is 51.1 Å². The molecule has 0 saturated carbocycles. The largest absolute Gasteiger partial charge is 0.354 e. The van der Waals surface area contributed by atoms with Gasteiger partial charge in [0.1, 0.15) is 0 Å². The third kappa shape index (κ3) is 8.34. The molecule has 0 aliphatic rings. The van der Waals surface area contributed by atoms with Gasteiger partial charge < -0.3 is 10.6 Å². The van der Waals surface area contributed by atoms with Gasteiger partial charge in [0.25, 0.3) is 0 Å². The van der Waals surface area contributed by atoms with E-state index in [0.717, 1.165) is 18.8 Å². The summed E-state index contributed by atoms with van der Waals surface area (Å²) in [4.78, 5) is 12.2. The van der Waals surface area contributed by atoms with Crippen LogP contribution in [0.15, 0.2) is 30.3 Å². The van der Waals surface area contributed by atoms with Crippen LogP contribution >= 0.6 is 24.2 Å². The minimum Gasteiger partial charge on any atom is -0.354 e. The minimum absolute atomic E-state index is 0. The summed E-state index contributed by atoms with van der Waals surface area (Å²) in [6.45, 7) is 8.73. The van der Waals surface area contributed by atoms with E-state index < -0.39 is 0 Å². The van der Waals surface area contributed by atoms with Gasteiger partial charge in [-0.05, 0) is 18.0 Å². The van der Waals surface area contributed by atoms with Crippen molar-refractivity contribution < 1.29 is 4.79 Å². The molecular weight excluding hydrogens is 304 g/mol. The molecule has 1 atom stereocenters. The standard InChI is InChI=1S/C16H26N2OS.ClH/c1-4-17-10-11-18-16(19)15(13(2)3)20-12-14-8-6-5-7-9-14;/h5-9,13,15,17H,4,10-12H2,1-3H3,(H,18,19);1H. The molecule has 5 heteroatoms. The van der Waals surface area contributed by atoms with Crippen LogP contribution in [0.3, 0.4) is 0 Å². The predicted octanol–water partition coefficient (Wildman–Crippen LogP) is 3.09. The lowest BCUT2D eigenvalue weighted by atomic mass is 10.1. The van der Waals surface area contributed by atoms with Crippen molar-refractivity contribution in [1.82, 2.24) is 10.6 Å². The maximum absolute atomic E-state index is 12.2. The number of benzene rings is 1. The molecule has 21 heavy (non-hydrogen) atoms. The summed E-state index contributed by atoms with van der Waals surface area (Å²) in [6.07, 6.45) is 0. The van der Waals surface area contributed by atoms with Gasteiger partial charge in [-0.15, -0.1) is 24.2 Å². The number of thioether (sulfide) groups is 1. The third-order valence-corrected chi connectivity index (χ3v) is 4.60. The highest BCUT2D eigenvalue weighted by molar-refractivity contribution is 7.99. The Morgan fingerprint density at radius 2 is 1.86 bits per heavy atom. The molecule has 0 spiro atoms. The Balaban J connectivity index is 0.00000400. The Labute approximate surface area is 139 Å². The van der Waals surface area contributed by atoms with Crippen molar-refractivity contribution in [1.29, 1.82) is 0 Å². The van der Waals surface area contributed by atoms with Gasteiger partial charge in [0.15, 0.2) is 0 Å². The molecule has 0 fully saturated rings. The number of carbonyl (C=O) groups is 1. The number of carbonyl (C=O) groups excluding carboxylic acids is 1. The Morgan fingerprint density at radius 1 is 1.19 bits per heavy atom. The van der Waals surface area contributed by atoms with E-state index in [2.05, 4.69) is 43.5 Å². The first-order valence-corrected chi connectivity index (χ1v) is 8.34. The predicted molar refractivity (Wildman–Crippen MR) is 95.2 cm³/mol. The van der Waals surface area contributed by atoms with E-state index in [1.165, 1.54) is 5.56 Å². The number of nitrogens with one attached hydrogen (secondary N) is 2. The first-order valence-electron chi connectivity index (χ1n) is 7.29. The van der Waals surface area contributed by atoms with E-state index in [9.17, 15) is 4.79 Å². The van der Waals surface area contributed by atoms with Gasteiger partial charge in [0.05, 0.1) is 5.25 Å². The molecule has 0 aliphatic heterocycles. The summed E-state index contributed by atoms with van der Waals surface area (Å²) in [5, 5.41) is 6.23. The average molecular weight is 331 g/mol. The summed E-state index contributed by atoms with van der Waals surface area (Å²) < 4.78 is 0. The zero-order valence-electron chi connectivity index (χ0n) is 13.1. The van der Waals surface area contributed by atoms with E-state index in [4.69, 9.17) is 0 Å². The Morgan fingerprint density at radius 3 is 2.43 bits per heavy atom. The van der Waals surface area contributed by atoms with Crippen LogP contribution in [0, 0.1) is 5.92 Å². The van der Waals surface area contributed by atoms with Crippen molar-refractivity contribution in [3.8, 4) is 0 Å². The number of likely N-dealkylation sites (N-methyl/N-ethyl adjacent to an activating group) is 1. The van der Waals surface area contributed by atoms with Crippen LogP contribution < -0.4 is 10.6 Å². The molecule has 1 aromatic carbocycles. The van der Waals surface area contributed by atoms with E-state index in [1.807, 2.05) is 18.2 Å². The minimum atomic E-state index is 0. The van der Waals surface area contributed by atoms with Crippen LogP contribution in [0.4, 0.5) is 0 Å². The lowest BCUT2D eigenvalue weighted by molar-refractivity contribution is -0.121. The molecule has 1 amide bonds. The first kappa shape index (κ1) is 20.3. The number of amides is 1. The molecular formula is C16H27ClN2OS. The highest BCUT2D eigenvalue weighted by Gasteiger charge is 2.22. The van der Waals surface area contributed by atoms with Crippen LogP contribution in [-0.2, 0) is 10.5 Å². The highest BCUT2D eigenvalue weighted by atomic mass is 35.5. The molecule has 0 aliphatic carbocycles. The summed E-state index contributed by atoms with van der Waals surface area (Å²) in [6, 6.07) is 10.3.